The van der Waals surface area contributed by atoms with E-state index in [4.69, 9.17) is 0 Å². The Bertz CT molecular complexity index is 375. The summed E-state index contributed by atoms with van der Waals surface area (Å²) in [5, 5.41) is 3.62. The molecule has 1 heterocycles. The zero-order chi connectivity index (χ0) is 13.0. The van der Waals surface area contributed by atoms with Crippen LogP contribution in [-0.4, -0.2) is 25.2 Å². The number of hydrogen-bond acceptors (Lipinski definition) is 2. The van der Waals surface area contributed by atoms with Crippen LogP contribution in [0.3, 0.4) is 0 Å². The molecule has 18 heavy (non-hydrogen) atoms. The van der Waals surface area contributed by atoms with E-state index in [2.05, 4.69) is 55.3 Å². The molecule has 0 saturated carbocycles. The zero-order valence-electron chi connectivity index (χ0n) is 11.9. The average molecular weight is 246 g/mol. The monoisotopic (exact) mass is 246 g/mol. The molecule has 1 aliphatic rings. The van der Waals surface area contributed by atoms with E-state index in [9.17, 15) is 0 Å². The lowest BCUT2D eigenvalue weighted by molar-refractivity contribution is 0.503. The smallest absolute Gasteiger partial charge is 0.0402 e. The van der Waals surface area contributed by atoms with Crippen molar-refractivity contribution in [1.29, 1.82) is 0 Å². The molecule has 2 rings (SSSR count). The summed E-state index contributed by atoms with van der Waals surface area (Å²) in [5.41, 5.74) is 2.95. The predicted molar refractivity (Wildman–Crippen MR) is 79.3 cm³/mol. The maximum absolute atomic E-state index is 3.62. The molecule has 100 valence electrons. The van der Waals surface area contributed by atoms with Crippen molar-refractivity contribution in [2.24, 2.45) is 0 Å². The van der Waals surface area contributed by atoms with E-state index in [1.807, 2.05) is 0 Å². The molecule has 0 radical (unpaired) electrons. The Labute approximate surface area is 111 Å². The van der Waals surface area contributed by atoms with Gasteiger partial charge in [-0.05, 0) is 38.3 Å². The molecule has 1 aromatic rings. The molecule has 2 heteroatoms. The highest BCUT2D eigenvalue weighted by atomic mass is 15.2. The summed E-state index contributed by atoms with van der Waals surface area (Å²) in [6.07, 6.45) is 3.73. The molecule has 0 bridgehead atoms. The number of benzene rings is 1. The summed E-state index contributed by atoms with van der Waals surface area (Å²) < 4.78 is 0. The minimum absolute atomic E-state index is 0.642. The minimum atomic E-state index is 0.642. The second-order valence-electron chi connectivity index (χ2n) is 5.52. The van der Waals surface area contributed by atoms with E-state index in [-0.39, 0.29) is 0 Å². The van der Waals surface area contributed by atoms with Crippen molar-refractivity contribution >= 4 is 5.69 Å². The third-order valence-corrected chi connectivity index (χ3v) is 3.92. The molecule has 1 N–H and O–H groups in total. The van der Waals surface area contributed by atoms with Crippen molar-refractivity contribution in [3.63, 3.8) is 0 Å². The van der Waals surface area contributed by atoms with Crippen LogP contribution in [0.1, 0.15) is 39.2 Å². The first-order chi connectivity index (χ1) is 8.72. The average Bonchev–Trinajstić information content (AvgIpc) is 2.66. The van der Waals surface area contributed by atoms with E-state index < -0.39 is 0 Å². The van der Waals surface area contributed by atoms with Gasteiger partial charge in [0.1, 0.15) is 0 Å². The van der Waals surface area contributed by atoms with Crippen LogP contribution in [-0.2, 0) is 6.42 Å². The maximum Gasteiger partial charge on any atom is 0.0402 e. The zero-order valence-corrected chi connectivity index (χ0v) is 11.9. The van der Waals surface area contributed by atoms with Gasteiger partial charge in [-0.1, -0.05) is 31.5 Å². The van der Waals surface area contributed by atoms with Gasteiger partial charge in [0.25, 0.3) is 0 Å². The lowest BCUT2D eigenvalue weighted by Gasteiger charge is -2.26. The van der Waals surface area contributed by atoms with Crippen molar-refractivity contribution in [1.82, 2.24) is 5.32 Å². The highest BCUT2D eigenvalue weighted by Crippen LogP contribution is 2.31. The SMILES string of the molecule is CCCC(C)NCCN1c2ccccc2CC1C. The molecule has 0 amide bonds. The molecule has 0 aliphatic carbocycles. The van der Waals surface area contributed by atoms with Crippen LogP contribution >= 0.6 is 0 Å². The Morgan fingerprint density at radius 1 is 1.39 bits per heavy atom. The summed E-state index contributed by atoms with van der Waals surface area (Å²) >= 11 is 0. The predicted octanol–water partition coefficient (Wildman–Crippen LogP) is 3.22. The van der Waals surface area contributed by atoms with E-state index in [1.165, 1.54) is 30.5 Å². The Balaban J connectivity index is 1.86. The van der Waals surface area contributed by atoms with Crippen LogP contribution in [0.4, 0.5) is 5.69 Å². The topological polar surface area (TPSA) is 15.3 Å². The van der Waals surface area contributed by atoms with Crippen molar-refractivity contribution < 1.29 is 0 Å². The lowest BCUT2D eigenvalue weighted by Crippen LogP contribution is -2.38. The number of nitrogens with one attached hydrogen (secondary N) is 1. The van der Waals surface area contributed by atoms with Gasteiger partial charge in [0.15, 0.2) is 0 Å². The molecular formula is C16H26N2. The molecule has 2 atom stereocenters. The molecule has 0 aromatic heterocycles. The van der Waals surface area contributed by atoms with Crippen LogP contribution in [0.15, 0.2) is 24.3 Å². The van der Waals surface area contributed by atoms with Gasteiger partial charge in [-0.3, -0.25) is 0 Å². The molecule has 1 aliphatic heterocycles. The fourth-order valence-corrected chi connectivity index (χ4v) is 2.94. The fourth-order valence-electron chi connectivity index (χ4n) is 2.94. The fraction of sp³-hybridized carbons (Fsp3) is 0.625. The summed E-state index contributed by atoms with van der Waals surface area (Å²) in [6.45, 7) is 9.06. The Morgan fingerprint density at radius 3 is 2.94 bits per heavy atom. The Hall–Kier alpha value is -1.02. The van der Waals surface area contributed by atoms with E-state index >= 15 is 0 Å². The first-order valence-corrected chi connectivity index (χ1v) is 7.30. The highest BCUT2D eigenvalue weighted by molar-refractivity contribution is 5.59. The summed E-state index contributed by atoms with van der Waals surface area (Å²) in [5.74, 6) is 0. The standard InChI is InChI=1S/C16H26N2/c1-4-7-13(2)17-10-11-18-14(3)12-15-8-5-6-9-16(15)18/h5-6,8-9,13-14,17H,4,7,10-12H2,1-3H3. The first-order valence-electron chi connectivity index (χ1n) is 7.30. The third-order valence-electron chi connectivity index (χ3n) is 3.92. The normalized spacial score (nSPS) is 19.9. The van der Waals surface area contributed by atoms with Gasteiger partial charge in [0.2, 0.25) is 0 Å². The van der Waals surface area contributed by atoms with Gasteiger partial charge in [-0.15, -0.1) is 0 Å². The van der Waals surface area contributed by atoms with Gasteiger partial charge in [0.05, 0.1) is 0 Å². The number of anilines is 1. The molecule has 0 saturated heterocycles. The largest absolute Gasteiger partial charge is 0.367 e. The van der Waals surface area contributed by atoms with E-state index in [0.717, 1.165) is 13.1 Å². The van der Waals surface area contributed by atoms with Crippen LogP contribution in [0.25, 0.3) is 0 Å². The summed E-state index contributed by atoms with van der Waals surface area (Å²) in [6, 6.07) is 10.1. The summed E-state index contributed by atoms with van der Waals surface area (Å²) in [4.78, 5) is 2.54. The second kappa shape index (κ2) is 6.24. The van der Waals surface area contributed by atoms with Crippen LogP contribution in [0, 0.1) is 0 Å². The minimum Gasteiger partial charge on any atom is -0.367 e. The molecule has 2 nitrogen and oxygen atoms in total. The highest BCUT2D eigenvalue weighted by Gasteiger charge is 2.24. The van der Waals surface area contributed by atoms with Gasteiger partial charge >= 0.3 is 0 Å². The molecular weight excluding hydrogens is 220 g/mol. The first kappa shape index (κ1) is 13.4. The maximum atomic E-state index is 3.62. The van der Waals surface area contributed by atoms with Crippen molar-refractivity contribution in [3.8, 4) is 0 Å². The number of nitrogens with zero attached hydrogens (tertiary/aromatic N) is 1. The van der Waals surface area contributed by atoms with Gasteiger partial charge in [0, 0.05) is 30.9 Å². The molecule has 0 spiro atoms. The van der Waals surface area contributed by atoms with E-state index in [0.29, 0.717) is 12.1 Å². The second-order valence-corrected chi connectivity index (χ2v) is 5.52. The summed E-state index contributed by atoms with van der Waals surface area (Å²) in [7, 11) is 0. The van der Waals surface area contributed by atoms with Crippen molar-refractivity contribution in [2.45, 2.75) is 52.1 Å². The molecule has 0 fully saturated rings. The number of rotatable bonds is 6. The van der Waals surface area contributed by atoms with Crippen molar-refractivity contribution in [3.05, 3.63) is 29.8 Å². The molecule has 2 unspecified atom stereocenters. The quantitative estimate of drug-likeness (QED) is 0.829. The Morgan fingerprint density at radius 2 is 2.17 bits per heavy atom. The van der Waals surface area contributed by atoms with Crippen LogP contribution in [0.5, 0.6) is 0 Å². The van der Waals surface area contributed by atoms with Gasteiger partial charge in [-0.25, -0.2) is 0 Å². The number of fused-ring (bicyclic) bond motifs is 1. The van der Waals surface area contributed by atoms with E-state index in [1.54, 1.807) is 0 Å². The van der Waals surface area contributed by atoms with Gasteiger partial charge < -0.3 is 10.2 Å². The van der Waals surface area contributed by atoms with Gasteiger partial charge in [-0.2, -0.15) is 0 Å². The number of para-hydroxylation sites is 1. The Kier molecular flexibility index (Phi) is 4.65. The van der Waals surface area contributed by atoms with Crippen LogP contribution < -0.4 is 10.2 Å². The number of hydrogen-bond donors (Lipinski definition) is 1. The molecule has 1 aromatic carbocycles. The van der Waals surface area contributed by atoms with Crippen LogP contribution in [0.2, 0.25) is 0 Å². The third kappa shape index (κ3) is 3.05. The van der Waals surface area contributed by atoms with Crippen molar-refractivity contribution in [2.75, 3.05) is 18.0 Å². The lowest BCUT2D eigenvalue weighted by atomic mass is 10.1.